The predicted octanol–water partition coefficient (Wildman–Crippen LogP) is 1.92. The molecular weight excluding hydrogens is 242 g/mol. The van der Waals surface area contributed by atoms with E-state index >= 15 is 0 Å². The molecule has 1 N–H and O–H groups in total. The van der Waals surface area contributed by atoms with Crippen molar-refractivity contribution in [3.8, 4) is 0 Å². The molecule has 1 amide bonds. The lowest BCUT2D eigenvalue weighted by molar-refractivity contribution is -0.142. The van der Waals surface area contributed by atoms with E-state index < -0.39 is 0 Å². The van der Waals surface area contributed by atoms with Crippen LogP contribution in [-0.2, 0) is 20.7 Å². The number of esters is 1. The molecule has 0 aliphatic carbocycles. The molecule has 0 aliphatic rings. The number of benzene rings is 1. The molecule has 0 spiro atoms. The van der Waals surface area contributed by atoms with Crippen molar-refractivity contribution >= 4 is 11.9 Å². The summed E-state index contributed by atoms with van der Waals surface area (Å²) < 4.78 is 4.48. The first-order valence-electron chi connectivity index (χ1n) is 6.42. The average molecular weight is 263 g/mol. The lowest BCUT2D eigenvalue weighted by Crippen LogP contribution is -2.26. The number of hydrogen-bond acceptors (Lipinski definition) is 3. The van der Waals surface area contributed by atoms with Gasteiger partial charge >= 0.3 is 5.97 Å². The molecule has 4 nitrogen and oxygen atoms in total. The molecule has 0 saturated heterocycles. The van der Waals surface area contributed by atoms with E-state index in [2.05, 4.69) is 42.1 Å². The van der Waals surface area contributed by atoms with Crippen LogP contribution in [0.25, 0.3) is 0 Å². The molecule has 0 aromatic heterocycles. The number of amides is 1. The summed E-state index contributed by atoms with van der Waals surface area (Å²) in [7, 11) is 1.32. The number of nitrogens with one attached hydrogen (secondary N) is 1. The second kappa shape index (κ2) is 7.56. The van der Waals surface area contributed by atoms with E-state index in [-0.39, 0.29) is 24.7 Å². The topological polar surface area (TPSA) is 55.4 Å². The van der Waals surface area contributed by atoms with Crippen LogP contribution in [0.1, 0.15) is 29.5 Å². The van der Waals surface area contributed by atoms with Gasteiger partial charge in [-0.05, 0) is 37.0 Å². The molecule has 4 heteroatoms. The van der Waals surface area contributed by atoms with Gasteiger partial charge in [-0.15, -0.1) is 0 Å². The Morgan fingerprint density at radius 2 is 1.89 bits per heavy atom. The van der Waals surface area contributed by atoms with E-state index in [1.165, 1.54) is 23.8 Å². The van der Waals surface area contributed by atoms with Gasteiger partial charge in [-0.3, -0.25) is 9.59 Å². The van der Waals surface area contributed by atoms with E-state index in [1.54, 1.807) is 0 Å². The normalized spacial score (nSPS) is 10.1. The number of carbonyl (C=O) groups is 2. The molecule has 104 valence electrons. The molecule has 0 unspecified atom stereocenters. The van der Waals surface area contributed by atoms with Gasteiger partial charge in [0.1, 0.15) is 0 Å². The molecule has 19 heavy (non-hydrogen) atoms. The van der Waals surface area contributed by atoms with Gasteiger partial charge < -0.3 is 10.1 Å². The fourth-order valence-corrected chi connectivity index (χ4v) is 1.71. The van der Waals surface area contributed by atoms with E-state index in [9.17, 15) is 9.59 Å². The van der Waals surface area contributed by atoms with Crippen LogP contribution in [0, 0.1) is 13.8 Å². The summed E-state index contributed by atoms with van der Waals surface area (Å²) in [5.41, 5.74) is 3.73. The van der Waals surface area contributed by atoms with Gasteiger partial charge in [-0.25, -0.2) is 0 Å². The Bertz CT molecular complexity index is 455. The van der Waals surface area contributed by atoms with Crippen molar-refractivity contribution < 1.29 is 14.3 Å². The average Bonchev–Trinajstić information content (AvgIpc) is 2.40. The summed E-state index contributed by atoms with van der Waals surface area (Å²) in [5.74, 6) is -0.474. The molecule has 0 atom stereocenters. The van der Waals surface area contributed by atoms with Gasteiger partial charge in [-0.1, -0.05) is 18.2 Å². The first kappa shape index (κ1) is 15.2. The summed E-state index contributed by atoms with van der Waals surface area (Å²) in [5, 5.41) is 2.80. The maximum atomic E-state index is 11.5. The SMILES string of the molecule is COC(=O)CCC(=O)NCCc1ccc(C)c(C)c1. The Labute approximate surface area is 114 Å². The third-order valence-corrected chi connectivity index (χ3v) is 3.09. The van der Waals surface area contributed by atoms with Gasteiger partial charge in [0.2, 0.25) is 5.91 Å². The highest BCUT2D eigenvalue weighted by molar-refractivity contribution is 5.81. The standard InChI is InChI=1S/C15H21NO3/c1-11-4-5-13(10-12(11)2)8-9-16-14(17)6-7-15(18)19-3/h4-5,10H,6-9H2,1-3H3,(H,16,17). The minimum atomic E-state index is -0.357. The highest BCUT2D eigenvalue weighted by atomic mass is 16.5. The number of ether oxygens (including phenoxy) is 1. The minimum absolute atomic E-state index is 0.116. The maximum Gasteiger partial charge on any atom is 0.306 e. The molecule has 0 aliphatic heterocycles. The van der Waals surface area contributed by atoms with E-state index in [0.29, 0.717) is 6.54 Å². The summed E-state index contributed by atoms with van der Waals surface area (Å²) in [6.07, 6.45) is 1.11. The number of methoxy groups -OCH3 is 1. The van der Waals surface area contributed by atoms with Crippen molar-refractivity contribution in [3.63, 3.8) is 0 Å². The van der Waals surface area contributed by atoms with Gasteiger partial charge in [-0.2, -0.15) is 0 Å². The zero-order valence-corrected chi connectivity index (χ0v) is 11.8. The minimum Gasteiger partial charge on any atom is -0.469 e. The Balaban J connectivity index is 2.28. The highest BCUT2D eigenvalue weighted by Gasteiger charge is 2.06. The molecule has 0 bridgehead atoms. The maximum absolute atomic E-state index is 11.5. The van der Waals surface area contributed by atoms with E-state index in [4.69, 9.17) is 0 Å². The first-order valence-corrected chi connectivity index (χ1v) is 6.42. The van der Waals surface area contributed by atoms with Crippen LogP contribution in [0.15, 0.2) is 18.2 Å². The second-order valence-corrected chi connectivity index (χ2v) is 4.59. The van der Waals surface area contributed by atoms with Crippen molar-refractivity contribution in [1.82, 2.24) is 5.32 Å². The Kier molecular flexibility index (Phi) is 6.06. The molecule has 0 radical (unpaired) electrons. The number of aryl methyl sites for hydroxylation is 2. The Hall–Kier alpha value is -1.84. The van der Waals surface area contributed by atoms with Crippen LogP contribution in [0.2, 0.25) is 0 Å². The van der Waals surface area contributed by atoms with Crippen LogP contribution in [0.3, 0.4) is 0 Å². The van der Waals surface area contributed by atoms with Crippen LogP contribution >= 0.6 is 0 Å². The third kappa shape index (κ3) is 5.55. The molecular formula is C15H21NO3. The summed E-state index contributed by atoms with van der Waals surface area (Å²) in [6.45, 7) is 4.74. The summed E-state index contributed by atoms with van der Waals surface area (Å²) in [4.78, 5) is 22.3. The first-order chi connectivity index (χ1) is 9.02. The van der Waals surface area contributed by atoms with Gasteiger partial charge in [0.15, 0.2) is 0 Å². The van der Waals surface area contributed by atoms with Crippen LogP contribution in [0.4, 0.5) is 0 Å². The molecule has 1 aromatic rings. The number of rotatable bonds is 6. The largest absolute Gasteiger partial charge is 0.469 e. The summed E-state index contributed by atoms with van der Waals surface area (Å²) >= 11 is 0. The molecule has 0 fully saturated rings. The Morgan fingerprint density at radius 1 is 1.16 bits per heavy atom. The smallest absolute Gasteiger partial charge is 0.306 e. The van der Waals surface area contributed by atoms with E-state index in [0.717, 1.165) is 6.42 Å². The zero-order chi connectivity index (χ0) is 14.3. The van der Waals surface area contributed by atoms with Crippen molar-refractivity contribution in [2.24, 2.45) is 0 Å². The third-order valence-electron chi connectivity index (χ3n) is 3.09. The fourth-order valence-electron chi connectivity index (χ4n) is 1.71. The van der Waals surface area contributed by atoms with Crippen LogP contribution < -0.4 is 5.32 Å². The lowest BCUT2D eigenvalue weighted by Gasteiger charge is -2.07. The highest BCUT2D eigenvalue weighted by Crippen LogP contribution is 2.09. The second-order valence-electron chi connectivity index (χ2n) is 4.59. The lowest BCUT2D eigenvalue weighted by atomic mass is 10.0. The quantitative estimate of drug-likeness (QED) is 0.798. The van der Waals surface area contributed by atoms with Gasteiger partial charge in [0.05, 0.1) is 13.5 Å². The van der Waals surface area contributed by atoms with Crippen LogP contribution in [-0.4, -0.2) is 25.5 Å². The molecule has 0 heterocycles. The molecule has 0 saturated carbocycles. The molecule has 1 rings (SSSR count). The van der Waals surface area contributed by atoms with Crippen molar-refractivity contribution in [1.29, 1.82) is 0 Å². The van der Waals surface area contributed by atoms with Gasteiger partial charge in [0.25, 0.3) is 0 Å². The van der Waals surface area contributed by atoms with Crippen molar-refractivity contribution in [2.75, 3.05) is 13.7 Å². The monoisotopic (exact) mass is 263 g/mol. The summed E-state index contributed by atoms with van der Waals surface area (Å²) in [6, 6.07) is 6.29. The van der Waals surface area contributed by atoms with Crippen LogP contribution in [0.5, 0.6) is 0 Å². The van der Waals surface area contributed by atoms with Crippen molar-refractivity contribution in [3.05, 3.63) is 34.9 Å². The Morgan fingerprint density at radius 3 is 2.53 bits per heavy atom. The van der Waals surface area contributed by atoms with Crippen molar-refractivity contribution in [2.45, 2.75) is 33.1 Å². The van der Waals surface area contributed by atoms with Gasteiger partial charge in [0, 0.05) is 13.0 Å². The predicted molar refractivity (Wildman–Crippen MR) is 73.9 cm³/mol. The fraction of sp³-hybridized carbons (Fsp3) is 0.467. The number of hydrogen-bond donors (Lipinski definition) is 1. The van der Waals surface area contributed by atoms with E-state index in [1.807, 2.05) is 0 Å². The molecule has 1 aromatic carbocycles. The number of carbonyl (C=O) groups excluding carboxylic acids is 2. The zero-order valence-electron chi connectivity index (χ0n) is 11.8.